The molecule has 3 rings (SSSR count). The van der Waals surface area contributed by atoms with E-state index in [1.165, 1.54) is 0 Å². The number of benzene rings is 2. The van der Waals surface area contributed by atoms with Gasteiger partial charge in [0, 0.05) is 22.7 Å². The van der Waals surface area contributed by atoms with Crippen LogP contribution in [0, 0.1) is 16.7 Å². The number of Topliss-reactive ketones (excluding diaryl/α,β-unsaturated/α-hetero) is 1. The minimum Gasteiger partial charge on any atom is -0.497 e. The Balaban J connectivity index is 2.16. The molecular formula is C24H23N3O2. The summed E-state index contributed by atoms with van der Waals surface area (Å²) in [5.74, 6) is 0.544. The number of ketones is 1. The maximum Gasteiger partial charge on any atom is 0.178 e. The van der Waals surface area contributed by atoms with E-state index in [-0.39, 0.29) is 11.4 Å². The van der Waals surface area contributed by atoms with Gasteiger partial charge in [-0.2, -0.15) is 10.4 Å². The van der Waals surface area contributed by atoms with Crippen LogP contribution in [-0.4, -0.2) is 22.7 Å². The fourth-order valence-electron chi connectivity index (χ4n) is 2.89. The van der Waals surface area contributed by atoms with Crippen LogP contribution in [-0.2, 0) is 4.79 Å². The molecule has 5 heteroatoms. The van der Waals surface area contributed by atoms with Crippen molar-refractivity contribution in [2.75, 3.05) is 7.11 Å². The van der Waals surface area contributed by atoms with Gasteiger partial charge in [-0.3, -0.25) is 4.79 Å². The highest BCUT2D eigenvalue weighted by molar-refractivity contribution is 6.06. The molecule has 146 valence electrons. The third kappa shape index (κ3) is 4.44. The van der Waals surface area contributed by atoms with Crippen LogP contribution in [0.5, 0.6) is 5.75 Å². The molecule has 0 amide bonds. The second-order valence-corrected chi connectivity index (χ2v) is 7.69. The largest absolute Gasteiger partial charge is 0.497 e. The van der Waals surface area contributed by atoms with Crippen LogP contribution < -0.4 is 4.74 Å². The van der Waals surface area contributed by atoms with Gasteiger partial charge >= 0.3 is 0 Å². The number of ether oxygens (including phenoxy) is 1. The molecular weight excluding hydrogens is 362 g/mol. The quantitative estimate of drug-likeness (QED) is 0.454. The monoisotopic (exact) mass is 385 g/mol. The molecule has 0 spiro atoms. The van der Waals surface area contributed by atoms with Gasteiger partial charge in [0.2, 0.25) is 0 Å². The highest BCUT2D eigenvalue weighted by atomic mass is 16.5. The minimum atomic E-state index is -0.642. The number of nitriles is 1. The Hall–Kier alpha value is -3.65. The molecule has 0 atom stereocenters. The highest BCUT2D eigenvalue weighted by Crippen LogP contribution is 2.29. The lowest BCUT2D eigenvalue weighted by Gasteiger charge is -2.15. The fraction of sp³-hybridized carbons (Fsp3) is 0.208. The predicted octanol–water partition coefficient (Wildman–Crippen LogP) is 5.07. The number of aromatic nitrogens is 2. The smallest absolute Gasteiger partial charge is 0.178 e. The molecule has 0 saturated heterocycles. The zero-order valence-electron chi connectivity index (χ0n) is 17.0. The molecule has 0 aliphatic carbocycles. The van der Waals surface area contributed by atoms with Crippen molar-refractivity contribution >= 4 is 11.9 Å². The first-order valence-electron chi connectivity index (χ1n) is 9.29. The third-order valence-electron chi connectivity index (χ3n) is 4.47. The maximum atomic E-state index is 12.7. The predicted molar refractivity (Wildman–Crippen MR) is 114 cm³/mol. The van der Waals surface area contributed by atoms with Crippen molar-refractivity contribution in [1.82, 2.24) is 9.78 Å². The van der Waals surface area contributed by atoms with Crippen molar-refractivity contribution in [2.24, 2.45) is 5.41 Å². The van der Waals surface area contributed by atoms with Crippen LogP contribution in [0.1, 0.15) is 26.3 Å². The van der Waals surface area contributed by atoms with E-state index in [2.05, 4.69) is 6.07 Å². The first-order chi connectivity index (χ1) is 13.8. The van der Waals surface area contributed by atoms with Gasteiger partial charge in [0.05, 0.1) is 24.1 Å². The molecule has 0 radical (unpaired) electrons. The molecule has 0 bridgehead atoms. The van der Waals surface area contributed by atoms with Gasteiger partial charge in [-0.05, 0) is 42.5 Å². The number of hydrogen-bond acceptors (Lipinski definition) is 4. The van der Waals surface area contributed by atoms with Crippen molar-refractivity contribution in [1.29, 1.82) is 5.26 Å². The normalized spacial score (nSPS) is 11.8. The van der Waals surface area contributed by atoms with Crippen LogP contribution in [0.15, 0.2) is 66.4 Å². The van der Waals surface area contributed by atoms with Gasteiger partial charge in [-0.15, -0.1) is 0 Å². The molecule has 2 aromatic carbocycles. The molecule has 1 heterocycles. The van der Waals surface area contributed by atoms with Crippen molar-refractivity contribution in [3.8, 4) is 28.8 Å². The maximum absolute atomic E-state index is 12.7. The Kier molecular flexibility index (Phi) is 5.65. The summed E-state index contributed by atoms with van der Waals surface area (Å²) in [6.07, 6.45) is 3.46. The van der Waals surface area contributed by atoms with Crippen molar-refractivity contribution in [3.63, 3.8) is 0 Å². The first kappa shape index (κ1) is 20.1. The Morgan fingerprint density at radius 3 is 2.31 bits per heavy atom. The zero-order chi connectivity index (χ0) is 21.0. The molecule has 0 saturated carbocycles. The number of para-hydroxylation sites is 1. The highest BCUT2D eigenvalue weighted by Gasteiger charge is 2.25. The van der Waals surface area contributed by atoms with Crippen molar-refractivity contribution in [2.45, 2.75) is 20.8 Å². The fourth-order valence-corrected chi connectivity index (χ4v) is 2.89. The topological polar surface area (TPSA) is 67.9 Å². The van der Waals surface area contributed by atoms with Crippen molar-refractivity contribution in [3.05, 3.63) is 71.9 Å². The lowest BCUT2D eigenvalue weighted by Crippen LogP contribution is -2.21. The number of carbonyl (C=O) groups is 1. The Morgan fingerprint density at radius 2 is 1.76 bits per heavy atom. The Bertz CT molecular complexity index is 1080. The number of carbonyl (C=O) groups excluding carboxylic acids is 1. The third-order valence-corrected chi connectivity index (χ3v) is 4.47. The molecule has 5 nitrogen and oxygen atoms in total. The minimum absolute atomic E-state index is 0.111. The SMILES string of the molecule is COc1ccc(-c2nn(-c3ccccc3)cc2C=C(C#N)C(=O)C(C)(C)C)cc1. The number of allylic oxidation sites excluding steroid dienone is 1. The second-order valence-electron chi connectivity index (χ2n) is 7.69. The average Bonchev–Trinajstić information content (AvgIpc) is 3.15. The molecule has 0 fully saturated rings. The van der Waals surface area contributed by atoms with E-state index >= 15 is 0 Å². The van der Waals surface area contributed by atoms with Crippen molar-refractivity contribution < 1.29 is 9.53 Å². The number of nitrogens with zero attached hydrogens (tertiary/aromatic N) is 3. The summed E-state index contributed by atoms with van der Waals surface area (Å²) in [4.78, 5) is 12.7. The summed E-state index contributed by atoms with van der Waals surface area (Å²) >= 11 is 0. The lowest BCUT2D eigenvalue weighted by atomic mass is 9.86. The molecule has 0 aliphatic heterocycles. The van der Waals surface area contributed by atoms with Gasteiger partial charge in [-0.1, -0.05) is 39.0 Å². The summed E-state index contributed by atoms with van der Waals surface area (Å²) in [7, 11) is 1.62. The van der Waals surface area contributed by atoms with E-state index in [9.17, 15) is 10.1 Å². The van der Waals surface area contributed by atoms with E-state index in [1.807, 2.05) is 60.8 Å². The summed E-state index contributed by atoms with van der Waals surface area (Å²) in [5, 5.41) is 14.3. The first-order valence-corrected chi connectivity index (χ1v) is 9.29. The molecule has 0 unspecified atom stereocenters. The van der Waals surface area contributed by atoms with Gasteiger partial charge < -0.3 is 4.74 Å². The summed E-state index contributed by atoms with van der Waals surface area (Å²) in [6, 6.07) is 19.3. The lowest BCUT2D eigenvalue weighted by molar-refractivity contribution is -0.121. The van der Waals surface area contributed by atoms with E-state index in [0.717, 1.165) is 17.0 Å². The van der Waals surface area contributed by atoms with E-state index in [4.69, 9.17) is 9.84 Å². The molecule has 3 aromatic rings. The van der Waals surface area contributed by atoms with Crippen LogP contribution in [0.25, 0.3) is 23.0 Å². The molecule has 0 aliphatic rings. The molecule has 0 N–H and O–H groups in total. The van der Waals surface area contributed by atoms with Gasteiger partial charge in [0.15, 0.2) is 5.78 Å². The number of methoxy groups -OCH3 is 1. The number of hydrogen-bond donors (Lipinski definition) is 0. The molecule has 29 heavy (non-hydrogen) atoms. The number of rotatable bonds is 5. The summed E-state index contributed by atoms with van der Waals surface area (Å²) in [5.41, 5.74) is 2.62. The Labute approximate surface area is 170 Å². The van der Waals surface area contributed by atoms with Crippen LogP contribution >= 0.6 is 0 Å². The van der Waals surface area contributed by atoms with Gasteiger partial charge in [-0.25, -0.2) is 4.68 Å². The second kappa shape index (κ2) is 8.15. The summed E-state index contributed by atoms with van der Waals surface area (Å²) in [6.45, 7) is 5.41. The van der Waals surface area contributed by atoms with Crippen LogP contribution in [0.2, 0.25) is 0 Å². The zero-order valence-corrected chi connectivity index (χ0v) is 17.0. The van der Waals surface area contributed by atoms with E-state index in [1.54, 1.807) is 38.6 Å². The van der Waals surface area contributed by atoms with Gasteiger partial charge in [0.1, 0.15) is 11.8 Å². The average molecular weight is 385 g/mol. The van der Waals surface area contributed by atoms with Crippen LogP contribution in [0.3, 0.4) is 0 Å². The molecule has 1 aromatic heterocycles. The van der Waals surface area contributed by atoms with E-state index in [0.29, 0.717) is 11.3 Å². The standard InChI is InChI=1S/C24H23N3O2/c1-24(2,3)23(28)18(15-25)14-19-16-27(20-8-6-5-7-9-20)26-22(19)17-10-12-21(29-4)13-11-17/h5-14,16H,1-4H3. The van der Waals surface area contributed by atoms with Gasteiger partial charge in [0.25, 0.3) is 0 Å². The van der Waals surface area contributed by atoms with E-state index < -0.39 is 5.41 Å². The summed E-state index contributed by atoms with van der Waals surface area (Å²) < 4.78 is 6.99. The Morgan fingerprint density at radius 1 is 1.10 bits per heavy atom. The van der Waals surface area contributed by atoms with Crippen LogP contribution in [0.4, 0.5) is 0 Å².